The van der Waals surface area contributed by atoms with Crippen molar-refractivity contribution in [2.24, 2.45) is 0 Å². The molecule has 23 heavy (non-hydrogen) atoms. The Hall–Kier alpha value is -2.18. The van der Waals surface area contributed by atoms with Gasteiger partial charge in [-0.3, -0.25) is 9.78 Å². The molecular weight excluding hydrogens is 303 g/mol. The van der Waals surface area contributed by atoms with E-state index in [4.69, 9.17) is 9.47 Å². The van der Waals surface area contributed by atoms with Gasteiger partial charge in [0.25, 0.3) is 0 Å². The van der Waals surface area contributed by atoms with Gasteiger partial charge in [0.2, 0.25) is 0 Å². The molecule has 1 N–H and O–H groups in total. The fourth-order valence-corrected chi connectivity index (χ4v) is 1.61. The average Bonchev–Trinajstić information content (AvgIpc) is 2.36. The van der Waals surface area contributed by atoms with Crippen LogP contribution in [0.1, 0.15) is 40.3 Å². The Labute approximate surface area is 135 Å². The van der Waals surface area contributed by atoms with Crippen LogP contribution in [0, 0.1) is 5.82 Å². The molecule has 0 saturated heterocycles. The van der Waals surface area contributed by atoms with Gasteiger partial charge in [-0.05, 0) is 46.8 Å². The maximum atomic E-state index is 13.4. The number of aromatic nitrogens is 1. The van der Waals surface area contributed by atoms with Crippen molar-refractivity contribution in [3.8, 4) is 0 Å². The monoisotopic (exact) mass is 326 g/mol. The van der Waals surface area contributed by atoms with Gasteiger partial charge in [0.1, 0.15) is 18.0 Å². The summed E-state index contributed by atoms with van der Waals surface area (Å²) in [6.45, 7) is 8.56. The summed E-state index contributed by atoms with van der Waals surface area (Å²) in [5, 5.41) is 2.62. The number of rotatable bonds is 5. The van der Waals surface area contributed by atoms with Crippen LogP contribution < -0.4 is 5.32 Å². The third-order valence-corrected chi connectivity index (χ3v) is 2.58. The van der Waals surface area contributed by atoms with Gasteiger partial charge in [0.15, 0.2) is 0 Å². The molecule has 0 saturated carbocycles. The molecule has 0 bridgehead atoms. The van der Waals surface area contributed by atoms with E-state index in [9.17, 15) is 14.0 Å². The molecule has 0 aromatic carbocycles. The van der Waals surface area contributed by atoms with Crippen LogP contribution in [0.25, 0.3) is 0 Å². The third kappa shape index (κ3) is 7.58. The lowest BCUT2D eigenvalue weighted by Crippen LogP contribution is -2.49. The van der Waals surface area contributed by atoms with Crippen molar-refractivity contribution in [3.05, 3.63) is 29.8 Å². The van der Waals surface area contributed by atoms with Crippen molar-refractivity contribution in [1.29, 1.82) is 0 Å². The van der Waals surface area contributed by atoms with Crippen LogP contribution in [0.4, 0.5) is 9.18 Å². The summed E-state index contributed by atoms with van der Waals surface area (Å²) in [6.07, 6.45) is 0.531. The lowest BCUT2D eigenvalue weighted by atomic mass is 10.1. The van der Waals surface area contributed by atoms with Crippen molar-refractivity contribution in [2.45, 2.75) is 52.2 Å². The van der Waals surface area contributed by atoms with Gasteiger partial charge in [-0.1, -0.05) is 0 Å². The highest BCUT2D eigenvalue weighted by Crippen LogP contribution is 2.10. The van der Waals surface area contributed by atoms with Crippen LogP contribution in [0.3, 0.4) is 0 Å². The first-order valence-electron chi connectivity index (χ1n) is 7.25. The number of pyridine rings is 1. The predicted molar refractivity (Wildman–Crippen MR) is 82.3 cm³/mol. The Morgan fingerprint density at radius 1 is 1.26 bits per heavy atom. The van der Waals surface area contributed by atoms with E-state index >= 15 is 0 Å². The lowest BCUT2D eigenvalue weighted by molar-refractivity contribution is -0.144. The number of halogens is 1. The van der Waals surface area contributed by atoms with Gasteiger partial charge in [0, 0.05) is 6.20 Å². The second kappa shape index (κ2) is 7.39. The van der Waals surface area contributed by atoms with Crippen LogP contribution in [-0.2, 0) is 20.7 Å². The third-order valence-electron chi connectivity index (χ3n) is 2.58. The predicted octanol–water partition coefficient (Wildman–Crippen LogP) is 2.61. The van der Waals surface area contributed by atoms with Crippen LogP contribution in [0.15, 0.2) is 18.3 Å². The molecule has 1 amide bonds. The summed E-state index contributed by atoms with van der Waals surface area (Å²) in [7, 11) is 0. The molecule has 0 aliphatic rings. The van der Waals surface area contributed by atoms with Crippen LogP contribution >= 0.6 is 0 Å². The fourth-order valence-electron chi connectivity index (χ4n) is 1.61. The standard InChI is InChI=1S/C16H23FN2O4/c1-15(2,3)23-14(21)19-16(4,5)10-22-13(20)9-12-11(17)7-6-8-18-12/h6-8H,9-10H2,1-5H3,(H,19,21). The molecule has 128 valence electrons. The quantitative estimate of drug-likeness (QED) is 0.842. The minimum absolute atomic E-state index is 0.0235. The highest BCUT2D eigenvalue weighted by Gasteiger charge is 2.26. The fraction of sp³-hybridized carbons (Fsp3) is 0.562. The average molecular weight is 326 g/mol. The molecule has 1 aromatic heterocycles. The Bertz CT molecular complexity index is 567. The highest BCUT2D eigenvalue weighted by atomic mass is 19.1. The van der Waals surface area contributed by atoms with Gasteiger partial charge < -0.3 is 14.8 Å². The number of carbonyl (C=O) groups is 2. The van der Waals surface area contributed by atoms with E-state index in [-0.39, 0.29) is 18.7 Å². The number of ether oxygens (including phenoxy) is 2. The molecular formula is C16H23FN2O4. The van der Waals surface area contributed by atoms with E-state index in [1.165, 1.54) is 18.3 Å². The van der Waals surface area contributed by atoms with Crippen LogP contribution in [0.5, 0.6) is 0 Å². The van der Waals surface area contributed by atoms with E-state index < -0.39 is 29.0 Å². The SMILES string of the molecule is CC(C)(COC(=O)Cc1ncccc1F)NC(=O)OC(C)(C)C. The summed E-state index contributed by atoms with van der Waals surface area (Å²) in [5.74, 6) is -1.18. The number of amides is 1. The zero-order chi connectivity index (χ0) is 17.7. The number of hydrogen-bond donors (Lipinski definition) is 1. The highest BCUT2D eigenvalue weighted by molar-refractivity contribution is 5.72. The molecule has 0 atom stereocenters. The van der Waals surface area contributed by atoms with Crippen molar-refractivity contribution >= 4 is 12.1 Å². The Morgan fingerprint density at radius 2 is 1.91 bits per heavy atom. The smallest absolute Gasteiger partial charge is 0.408 e. The topological polar surface area (TPSA) is 77.5 Å². The molecule has 0 radical (unpaired) electrons. The molecule has 0 unspecified atom stereocenters. The number of alkyl carbamates (subject to hydrolysis) is 1. The lowest BCUT2D eigenvalue weighted by Gasteiger charge is -2.28. The summed E-state index contributed by atoms with van der Waals surface area (Å²) < 4.78 is 23.6. The van der Waals surface area contributed by atoms with Crippen molar-refractivity contribution in [1.82, 2.24) is 10.3 Å². The van der Waals surface area contributed by atoms with Crippen molar-refractivity contribution in [3.63, 3.8) is 0 Å². The Kier molecular flexibility index (Phi) is 6.06. The minimum Gasteiger partial charge on any atom is -0.463 e. The number of nitrogens with one attached hydrogen (secondary N) is 1. The molecule has 0 aliphatic carbocycles. The molecule has 0 spiro atoms. The largest absolute Gasteiger partial charge is 0.463 e. The second-order valence-electron chi connectivity index (χ2n) is 6.78. The zero-order valence-electron chi connectivity index (χ0n) is 14.1. The Balaban J connectivity index is 2.47. The molecule has 1 rings (SSSR count). The molecule has 7 heteroatoms. The molecule has 0 fully saturated rings. The van der Waals surface area contributed by atoms with Crippen molar-refractivity contribution < 1.29 is 23.5 Å². The van der Waals surface area contributed by atoms with Crippen molar-refractivity contribution in [2.75, 3.05) is 6.61 Å². The first-order valence-corrected chi connectivity index (χ1v) is 7.25. The molecule has 6 nitrogen and oxygen atoms in total. The maximum Gasteiger partial charge on any atom is 0.408 e. The van der Waals surface area contributed by atoms with E-state index in [2.05, 4.69) is 10.3 Å². The minimum atomic E-state index is -0.819. The van der Waals surface area contributed by atoms with Gasteiger partial charge in [0.05, 0.1) is 17.7 Å². The van der Waals surface area contributed by atoms with Gasteiger partial charge in [-0.2, -0.15) is 0 Å². The molecule has 1 heterocycles. The number of hydrogen-bond acceptors (Lipinski definition) is 5. The normalized spacial score (nSPS) is 11.7. The summed E-state index contributed by atoms with van der Waals surface area (Å²) in [5.41, 5.74) is -1.41. The van der Waals surface area contributed by atoms with E-state index in [0.717, 1.165) is 0 Å². The summed E-state index contributed by atoms with van der Waals surface area (Å²) in [6, 6.07) is 2.67. The van der Waals surface area contributed by atoms with Gasteiger partial charge >= 0.3 is 12.1 Å². The number of esters is 1. The van der Waals surface area contributed by atoms with E-state index in [1.54, 1.807) is 34.6 Å². The number of nitrogens with zero attached hydrogens (tertiary/aromatic N) is 1. The summed E-state index contributed by atoms with van der Waals surface area (Å²) >= 11 is 0. The van der Waals surface area contributed by atoms with Gasteiger partial charge in [-0.25, -0.2) is 9.18 Å². The number of carbonyl (C=O) groups excluding carboxylic acids is 2. The van der Waals surface area contributed by atoms with Gasteiger partial charge in [-0.15, -0.1) is 0 Å². The maximum absolute atomic E-state index is 13.4. The first-order chi connectivity index (χ1) is 10.5. The van der Waals surface area contributed by atoms with Crippen LogP contribution in [0.2, 0.25) is 0 Å². The van der Waals surface area contributed by atoms with Crippen LogP contribution in [-0.4, -0.2) is 34.8 Å². The summed E-state index contributed by atoms with van der Waals surface area (Å²) in [4.78, 5) is 27.3. The zero-order valence-corrected chi connectivity index (χ0v) is 14.1. The Morgan fingerprint density at radius 3 is 2.48 bits per heavy atom. The van der Waals surface area contributed by atoms with E-state index in [0.29, 0.717) is 0 Å². The molecule has 1 aromatic rings. The molecule has 0 aliphatic heterocycles. The first kappa shape index (κ1) is 18.9. The van der Waals surface area contributed by atoms with E-state index in [1.807, 2.05) is 0 Å². The second-order valence-corrected chi connectivity index (χ2v) is 6.78.